The van der Waals surface area contributed by atoms with Crippen LogP contribution in [-0.2, 0) is 0 Å². The van der Waals surface area contributed by atoms with Gasteiger partial charge in [0.15, 0.2) is 0 Å². The summed E-state index contributed by atoms with van der Waals surface area (Å²) in [5.74, 6) is 1.41. The van der Waals surface area contributed by atoms with E-state index >= 15 is 0 Å². The van der Waals surface area contributed by atoms with Crippen LogP contribution >= 0.6 is 23.2 Å². The largest absolute Gasteiger partial charge is 0.357 e. The van der Waals surface area contributed by atoms with Gasteiger partial charge < -0.3 is 10.2 Å². The molecular formula is C15H18Cl2N4. The molecule has 0 fully saturated rings. The number of halogens is 2. The molecule has 0 radical (unpaired) electrons. The number of nitrogens with one attached hydrogen (secondary N) is 1. The topological polar surface area (TPSA) is 41.1 Å². The second kappa shape index (κ2) is 6.96. The molecule has 0 spiro atoms. The number of aryl methyl sites for hydroxylation is 1. The van der Waals surface area contributed by atoms with Crippen molar-refractivity contribution in [1.29, 1.82) is 0 Å². The van der Waals surface area contributed by atoms with E-state index < -0.39 is 0 Å². The molecule has 2 aromatic rings. The summed E-state index contributed by atoms with van der Waals surface area (Å²) in [5.41, 5.74) is 1.59. The van der Waals surface area contributed by atoms with Crippen LogP contribution in [0.2, 0.25) is 10.0 Å². The van der Waals surface area contributed by atoms with Crippen molar-refractivity contribution >= 4 is 40.7 Å². The van der Waals surface area contributed by atoms with Gasteiger partial charge in [0.25, 0.3) is 0 Å². The molecule has 0 aliphatic heterocycles. The average Bonchev–Trinajstić information content (AvgIpc) is 2.45. The van der Waals surface area contributed by atoms with Gasteiger partial charge in [0, 0.05) is 24.8 Å². The van der Waals surface area contributed by atoms with Crippen LogP contribution in [0, 0.1) is 6.92 Å². The summed E-state index contributed by atoms with van der Waals surface area (Å²) in [6.07, 6.45) is 0. The van der Waals surface area contributed by atoms with Gasteiger partial charge in [0.2, 0.25) is 5.95 Å². The molecule has 1 heterocycles. The third-order valence-electron chi connectivity index (χ3n) is 3.13. The number of hydrogen-bond donors (Lipinski definition) is 1. The maximum atomic E-state index is 6.18. The Balaban J connectivity index is 2.34. The lowest BCUT2D eigenvalue weighted by Gasteiger charge is -2.20. The fourth-order valence-corrected chi connectivity index (χ4v) is 2.39. The van der Waals surface area contributed by atoms with Gasteiger partial charge in [-0.25, -0.2) is 4.98 Å². The van der Waals surface area contributed by atoms with E-state index in [2.05, 4.69) is 34.0 Å². The summed E-state index contributed by atoms with van der Waals surface area (Å²) in [4.78, 5) is 11.1. The molecule has 4 nitrogen and oxygen atoms in total. The Hall–Kier alpha value is -1.52. The summed E-state index contributed by atoms with van der Waals surface area (Å²) >= 11 is 12.2. The van der Waals surface area contributed by atoms with Gasteiger partial charge in [0.1, 0.15) is 5.82 Å². The van der Waals surface area contributed by atoms with Crippen molar-refractivity contribution in [3.8, 4) is 0 Å². The van der Waals surface area contributed by atoms with E-state index in [1.54, 1.807) is 6.07 Å². The van der Waals surface area contributed by atoms with Crippen LogP contribution in [-0.4, -0.2) is 23.1 Å². The maximum Gasteiger partial charge on any atom is 0.229 e. The Morgan fingerprint density at radius 2 is 1.86 bits per heavy atom. The van der Waals surface area contributed by atoms with Gasteiger partial charge in [-0.2, -0.15) is 4.98 Å². The molecule has 1 aromatic carbocycles. The molecule has 0 unspecified atom stereocenters. The lowest BCUT2D eigenvalue weighted by atomic mass is 10.3. The lowest BCUT2D eigenvalue weighted by molar-refractivity contribution is 0.840. The fourth-order valence-electron chi connectivity index (χ4n) is 2.04. The van der Waals surface area contributed by atoms with E-state index in [-0.39, 0.29) is 0 Å². The van der Waals surface area contributed by atoms with Gasteiger partial charge in [-0.3, -0.25) is 0 Å². The third-order valence-corrected chi connectivity index (χ3v) is 3.95. The highest BCUT2D eigenvalue weighted by Crippen LogP contribution is 2.31. The minimum Gasteiger partial charge on any atom is -0.357 e. The molecule has 1 N–H and O–H groups in total. The van der Waals surface area contributed by atoms with Crippen LogP contribution in [0.25, 0.3) is 0 Å². The molecule has 6 heteroatoms. The van der Waals surface area contributed by atoms with Crippen LogP contribution in [0.4, 0.5) is 17.5 Å². The molecule has 21 heavy (non-hydrogen) atoms. The summed E-state index contributed by atoms with van der Waals surface area (Å²) in [6.45, 7) is 7.93. The zero-order valence-corrected chi connectivity index (χ0v) is 13.8. The van der Waals surface area contributed by atoms with Crippen molar-refractivity contribution in [2.45, 2.75) is 20.8 Å². The number of hydrogen-bond acceptors (Lipinski definition) is 4. The number of nitrogens with zero attached hydrogens (tertiary/aromatic N) is 3. The molecule has 112 valence electrons. The first kappa shape index (κ1) is 15.9. The van der Waals surface area contributed by atoms with E-state index in [1.165, 1.54) is 0 Å². The van der Waals surface area contributed by atoms with Crippen LogP contribution in [0.15, 0.2) is 24.3 Å². The average molecular weight is 325 g/mol. The van der Waals surface area contributed by atoms with Crippen LogP contribution in [0.5, 0.6) is 0 Å². The number of anilines is 3. The van der Waals surface area contributed by atoms with E-state index in [0.717, 1.165) is 24.6 Å². The molecular weight excluding hydrogens is 307 g/mol. The van der Waals surface area contributed by atoms with E-state index in [9.17, 15) is 0 Å². The summed E-state index contributed by atoms with van der Waals surface area (Å²) < 4.78 is 0. The first-order valence-corrected chi connectivity index (χ1v) is 7.62. The monoisotopic (exact) mass is 324 g/mol. The molecule has 0 amide bonds. The molecule has 0 bridgehead atoms. The number of rotatable bonds is 5. The Morgan fingerprint density at radius 1 is 1.14 bits per heavy atom. The van der Waals surface area contributed by atoms with Crippen molar-refractivity contribution in [2.24, 2.45) is 0 Å². The first-order chi connectivity index (χ1) is 10.0. The quantitative estimate of drug-likeness (QED) is 0.866. The Bertz CT molecular complexity index is 627. The van der Waals surface area contributed by atoms with Gasteiger partial charge in [0.05, 0.1) is 15.7 Å². The zero-order valence-electron chi connectivity index (χ0n) is 12.3. The van der Waals surface area contributed by atoms with Gasteiger partial charge >= 0.3 is 0 Å². The summed E-state index contributed by atoms with van der Waals surface area (Å²) in [7, 11) is 0. The predicted octanol–water partition coefficient (Wildman–Crippen LogP) is 4.68. The standard InChI is InChI=1S/C15H18Cl2N4/c1-4-21(5-2)13-9-10(3)18-15(20-13)19-12-8-6-7-11(16)14(12)17/h6-9H,4-5H2,1-3H3,(H,18,19,20). The lowest BCUT2D eigenvalue weighted by Crippen LogP contribution is -2.23. The number of aromatic nitrogens is 2. The van der Waals surface area contributed by atoms with E-state index in [4.69, 9.17) is 23.2 Å². The van der Waals surface area contributed by atoms with Crippen LogP contribution < -0.4 is 10.2 Å². The second-order valence-corrected chi connectivity index (χ2v) is 5.37. The van der Waals surface area contributed by atoms with Gasteiger partial charge in [-0.15, -0.1) is 0 Å². The molecule has 0 saturated carbocycles. The Morgan fingerprint density at radius 3 is 2.52 bits per heavy atom. The van der Waals surface area contributed by atoms with Crippen molar-refractivity contribution in [1.82, 2.24) is 9.97 Å². The third kappa shape index (κ3) is 3.77. The van der Waals surface area contributed by atoms with Crippen molar-refractivity contribution in [3.63, 3.8) is 0 Å². The predicted molar refractivity (Wildman–Crippen MR) is 90.1 cm³/mol. The summed E-state index contributed by atoms with van der Waals surface area (Å²) in [5, 5.41) is 4.10. The highest BCUT2D eigenvalue weighted by molar-refractivity contribution is 6.43. The highest BCUT2D eigenvalue weighted by Gasteiger charge is 2.10. The number of benzene rings is 1. The molecule has 0 aliphatic rings. The van der Waals surface area contributed by atoms with Crippen molar-refractivity contribution in [2.75, 3.05) is 23.3 Å². The zero-order chi connectivity index (χ0) is 15.4. The first-order valence-electron chi connectivity index (χ1n) is 6.86. The van der Waals surface area contributed by atoms with Gasteiger partial charge in [-0.05, 0) is 32.9 Å². The van der Waals surface area contributed by atoms with E-state index in [0.29, 0.717) is 21.7 Å². The smallest absolute Gasteiger partial charge is 0.229 e. The molecule has 2 rings (SSSR count). The molecule has 0 aliphatic carbocycles. The summed E-state index contributed by atoms with van der Waals surface area (Å²) in [6, 6.07) is 7.39. The van der Waals surface area contributed by atoms with Crippen molar-refractivity contribution < 1.29 is 0 Å². The normalized spacial score (nSPS) is 10.5. The molecule has 1 aromatic heterocycles. The van der Waals surface area contributed by atoms with Crippen LogP contribution in [0.1, 0.15) is 19.5 Å². The molecule has 0 atom stereocenters. The second-order valence-electron chi connectivity index (χ2n) is 4.59. The highest BCUT2D eigenvalue weighted by atomic mass is 35.5. The van der Waals surface area contributed by atoms with Gasteiger partial charge in [-0.1, -0.05) is 29.3 Å². The van der Waals surface area contributed by atoms with Crippen LogP contribution in [0.3, 0.4) is 0 Å². The SMILES string of the molecule is CCN(CC)c1cc(C)nc(Nc2cccc(Cl)c2Cl)n1. The molecule has 0 saturated heterocycles. The Labute approximate surface area is 135 Å². The maximum absolute atomic E-state index is 6.18. The fraction of sp³-hybridized carbons (Fsp3) is 0.333. The van der Waals surface area contributed by atoms with E-state index in [1.807, 2.05) is 25.1 Å². The minimum absolute atomic E-state index is 0.466. The minimum atomic E-state index is 0.466. The Kier molecular flexibility index (Phi) is 5.26. The van der Waals surface area contributed by atoms with Crippen molar-refractivity contribution in [3.05, 3.63) is 40.0 Å².